The van der Waals surface area contributed by atoms with Crippen LogP contribution in [0.25, 0.3) is 6.08 Å². The summed E-state index contributed by atoms with van der Waals surface area (Å²) in [7, 11) is 0. The number of para-hydroxylation sites is 1. The van der Waals surface area contributed by atoms with Crippen LogP contribution in [0, 0.1) is 0 Å². The van der Waals surface area contributed by atoms with Gasteiger partial charge in [0.05, 0.1) is 11.3 Å². The molecule has 2 aromatic carbocycles. The maximum absolute atomic E-state index is 12.3. The number of rotatable bonds is 8. The van der Waals surface area contributed by atoms with Crippen LogP contribution in [0.15, 0.2) is 59.5 Å². The van der Waals surface area contributed by atoms with E-state index in [2.05, 4.69) is 10.6 Å². The van der Waals surface area contributed by atoms with Crippen molar-refractivity contribution in [3.8, 4) is 0 Å². The van der Waals surface area contributed by atoms with E-state index in [1.165, 1.54) is 6.08 Å². The molecule has 1 aliphatic rings. The Balaban J connectivity index is 1.49. The molecular formula is C22H22N2O4S. The molecule has 0 heterocycles. The topological polar surface area (TPSA) is 84.5 Å². The molecule has 2 N–H and O–H groups in total. The number of anilines is 1. The molecule has 150 valence electrons. The van der Waals surface area contributed by atoms with Gasteiger partial charge in [-0.2, -0.15) is 0 Å². The van der Waals surface area contributed by atoms with Gasteiger partial charge in [-0.05, 0) is 55.0 Å². The molecule has 0 spiro atoms. The minimum absolute atomic E-state index is 0.218. The predicted octanol–water partition coefficient (Wildman–Crippen LogP) is 3.50. The Morgan fingerprint density at radius 3 is 2.52 bits per heavy atom. The molecule has 2 aromatic rings. The van der Waals surface area contributed by atoms with Crippen molar-refractivity contribution in [2.75, 3.05) is 18.2 Å². The second-order valence-electron chi connectivity index (χ2n) is 6.56. The van der Waals surface area contributed by atoms with Gasteiger partial charge in [0.15, 0.2) is 6.61 Å². The van der Waals surface area contributed by atoms with Crippen LogP contribution in [0.3, 0.4) is 0 Å². The number of esters is 1. The zero-order valence-electron chi connectivity index (χ0n) is 16.0. The van der Waals surface area contributed by atoms with Crippen molar-refractivity contribution in [3.05, 3.63) is 65.7 Å². The van der Waals surface area contributed by atoms with E-state index in [0.717, 1.165) is 23.3 Å². The Morgan fingerprint density at radius 1 is 1.10 bits per heavy atom. The molecule has 0 saturated heterocycles. The first-order chi connectivity index (χ1) is 14.0. The molecule has 3 rings (SSSR count). The highest BCUT2D eigenvalue weighted by Gasteiger charge is 2.25. The maximum Gasteiger partial charge on any atom is 0.331 e. The Bertz CT molecular complexity index is 921. The lowest BCUT2D eigenvalue weighted by Crippen LogP contribution is -2.27. The summed E-state index contributed by atoms with van der Waals surface area (Å²) < 4.78 is 4.98. The van der Waals surface area contributed by atoms with E-state index in [1.807, 2.05) is 30.5 Å². The molecule has 1 aliphatic carbocycles. The van der Waals surface area contributed by atoms with E-state index < -0.39 is 18.5 Å². The molecule has 0 unspecified atom stereocenters. The quantitative estimate of drug-likeness (QED) is 0.395. The van der Waals surface area contributed by atoms with Crippen LogP contribution in [0.4, 0.5) is 5.69 Å². The van der Waals surface area contributed by atoms with Crippen LogP contribution in [0.1, 0.15) is 28.8 Å². The van der Waals surface area contributed by atoms with Crippen LogP contribution in [-0.4, -0.2) is 36.7 Å². The fourth-order valence-electron chi connectivity index (χ4n) is 2.53. The van der Waals surface area contributed by atoms with Gasteiger partial charge in [0.2, 0.25) is 0 Å². The smallest absolute Gasteiger partial charge is 0.331 e. The van der Waals surface area contributed by atoms with Crippen molar-refractivity contribution in [2.24, 2.45) is 0 Å². The van der Waals surface area contributed by atoms with Crippen molar-refractivity contribution in [1.82, 2.24) is 5.32 Å². The van der Waals surface area contributed by atoms with Crippen molar-refractivity contribution >= 4 is 41.3 Å². The van der Waals surface area contributed by atoms with E-state index in [-0.39, 0.29) is 11.9 Å². The Kier molecular flexibility index (Phi) is 7.08. The first-order valence-electron chi connectivity index (χ1n) is 9.24. The number of ether oxygens (including phenoxy) is 1. The fourth-order valence-corrected chi connectivity index (χ4v) is 2.94. The predicted molar refractivity (Wildman–Crippen MR) is 114 cm³/mol. The summed E-state index contributed by atoms with van der Waals surface area (Å²) in [6.07, 6.45) is 6.85. The molecular weight excluding hydrogens is 388 g/mol. The van der Waals surface area contributed by atoms with Crippen molar-refractivity contribution in [2.45, 2.75) is 23.8 Å². The second kappa shape index (κ2) is 9.93. The van der Waals surface area contributed by atoms with Gasteiger partial charge in [0, 0.05) is 17.0 Å². The van der Waals surface area contributed by atoms with E-state index in [9.17, 15) is 14.4 Å². The fraction of sp³-hybridized carbons (Fsp3) is 0.227. The molecule has 1 saturated carbocycles. The third-order valence-electron chi connectivity index (χ3n) is 4.23. The Labute approximate surface area is 173 Å². The molecule has 29 heavy (non-hydrogen) atoms. The third kappa shape index (κ3) is 6.50. The van der Waals surface area contributed by atoms with Gasteiger partial charge in [0.1, 0.15) is 0 Å². The van der Waals surface area contributed by atoms with Gasteiger partial charge < -0.3 is 15.4 Å². The molecule has 7 heteroatoms. The number of hydrogen-bond donors (Lipinski definition) is 2. The number of hydrogen-bond acceptors (Lipinski definition) is 5. The SMILES string of the molecule is CSc1ccc(C=CC(=O)OCC(=O)Nc2ccccc2C(=O)NC2CC2)cc1. The van der Waals surface area contributed by atoms with Crippen LogP contribution in [0.2, 0.25) is 0 Å². The van der Waals surface area contributed by atoms with Crippen LogP contribution in [0.5, 0.6) is 0 Å². The van der Waals surface area contributed by atoms with Gasteiger partial charge >= 0.3 is 5.97 Å². The highest BCUT2D eigenvalue weighted by molar-refractivity contribution is 7.98. The summed E-state index contributed by atoms with van der Waals surface area (Å²) in [6.45, 7) is -0.437. The monoisotopic (exact) mass is 410 g/mol. The van der Waals surface area contributed by atoms with Gasteiger partial charge in [-0.25, -0.2) is 4.79 Å². The zero-order valence-corrected chi connectivity index (χ0v) is 16.8. The van der Waals surface area contributed by atoms with Gasteiger partial charge in [-0.1, -0.05) is 24.3 Å². The normalized spacial score (nSPS) is 13.1. The summed E-state index contributed by atoms with van der Waals surface area (Å²) in [5.74, 6) is -1.35. The molecule has 0 aliphatic heterocycles. The first-order valence-corrected chi connectivity index (χ1v) is 10.5. The number of carbonyl (C=O) groups is 3. The number of thioether (sulfide) groups is 1. The molecule has 1 fully saturated rings. The lowest BCUT2D eigenvalue weighted by atomic mass is 10.1. The number of carbonyl (C=O) groups excluding carboxylic acids is 3. The molecule has 6 nitrogen and oxygen atoms in total. The minimum atomic E-state index is -0.617. The lowest BCUT2D eigenvalue weighted by Gasteiger charge is -2.11. The average Bonchev–Trinajstić information content (AvgIpc) is 3.55. The van der Waals surface area contributed by atoms with Gasteiger partial charge in [-0.15, -0.1) is 11.8 Å². The first kappa shape index (κ1) is 20.7. The maximum atomic E-state index is 12.3. The highest BCUT2D eigenvalue weighted by atomic mass is 32.2. The minimum Gasteiger partial charge on any atom is -0.452 e. The molecule has 0 bridgehead atoms. The summed E-state index contributed by atoms with van der Waals surface area (Å²) in [4.78, 5) is 37.4. The van der Waals surface area contributed by atoms with E-state index in [1.54, 1.807) is 42.1 Å². The Hall–Kier alpha value is -3.06. The number of amides is 2. The van der Waals surface area contributed by atoms with Crippen molar-refractivity contribution in [1.29, 1.82) is 0 Å². The van der Waals surface area contributed by atoms with E-state index in [4.69, 9.17) is 4.74 Å². The lowest BCUT2D eigenvalue weighted by molar-refractivity contribution is -0.142. The Morgan fingerprint density at radius 2 is 1.83 bits per heavy atom. The van der Waals surface area contributed by atoms with Crippen LogP contribution in [-0.2, 0) is 14.3 Å². The molecule has 0 aromatic heterocycles. The average molecular weight is 410 g/mol. The summed E-state index contributed by atoms with van der Waals surface area (Å²) in [5, 5.41) is 5.51. The number of benzene rings is 2. The standard InChI is InChI=1S/C22H22N2O4S/c1-29-17-11-6-15(7-12-17)8-13-21(26)28-14-20(25)24-19-5-3-2-4-18(19)22(27)23-16-9-10-16/h2-8,11-13,16H,9-10,14H2,1H3,(H,23,27)(H,24,25). The summed E-state index contributed by atoms with van der Waals surface area (Å²) in [6, 6.07) is 14.7. The molecule has 2 amide bonds. The van der Waals surface area contributed by atoms with Crippen LogP contribution < -0.4 is 10.6 Å². The molecule has 0 radical (unpaired) electrons. The highest BCUT2D eigenvalue weighted by Crippen LogP contribution is 2.21. The van der Waals surface area contributed by atoms with Gasteiger partial charge in [0.25, 0.3) is 11.8 Å². The summed E-state index contributed by atoms with van der Waals surface area (Å²) in [5.41, 5.74) is 1.63. The van der Waals surface area contributed by atoms with Crippen LogP contribution >= 0.6 is 11.8 Å². The number of nitrogens with one attached hydrogen (secondary N) is 2. The third-order valence-corrected chi connectivity index (χ3v) is 4.98. The van der Waals surface area contributed by atoms with Crippen molar-refractivity contribution in [3.63, 3.8) is 0 Å². The van der Waals surface area contributed by atoms with E-state index in [0.29, 0.717) is 11.3 Å². The van der Waals surface area contributed by atoms with E-state index >= 15 is 0 Å². The van der Waals surface area contributed by atoms with Crippen molar-refractivity contribution < 1.29 is 19.1 Å². The second-order valence-corrected chi connectivity index (χ2v) is 7.44. The molecule has 0 atom stereocenters. The largest absolute Gasteiger partial charge is 0.452 e. The summed E-state index contributed by atoms with van der Waals surface area (Å²) >= 11 is 1.64. The zero-order chi connectivity index (χ0) is 20.6. The van der Waals surface area contributed by atoms with Gasteiger partial charge in [-0.3, -0.25) is 9.59 Å².